The van der Waals surface area contributed by atoms with Crippen molar-refractivity contribution >= 4 is 21.8 Å². The average Bonchev–Trinajstić information content (AvgIpc) is 2.70. The van der Waals surface area contributed by atoms with Gasteiger partial charge in [0.1, 0.15) is 6.23 Å². The fraction of sp³-hybridized carbons (Fsp3) is 0.417. The van der Waals surface area contributed by atoms with Gasteiger partial charge in [-0.15, -0.1) is 0 Å². The molecule has 1 aromatic carbocycles. The summed E-state index contributed by atoms with van der Waals surface area (Å²) in [7, 11) is 0. The number of nitrogens with one attached hydrogen (secondary N) is 1. The first-order valence-electron chi connectivity index (χ1n) is 5.38. The van der Waals surface area contributed by atoms with Gasteiger partial charge in [-0.3, -0.25) is 4.79 Å². The molecule has 1 saturated heterocycles. The van der Waals surface area contributed by atoms with Gasteiger partial charge in [-0.2, -0.15) is 0 Å². The van der Waals surface area contributed by atoms with Crippen molar-refractivity contribution in [2.75, 3.05) is 0 Å². The number of carbonyl (C=O) groups is 1. The molecule has 16 heavy (non-hydrogen) atoms. The zero-order valence-electron chi connectivity index (χ0n) is 8.66. The first kappa shape index (κ1) is 10.3. The summed E-state index contributed by atoms with van der Waals surface area (Å²) >= 11 is 3.44. The molecule has 0 aromatic heterocycles. The second kappa shape index (κ2) is 3.31. The summed E-state index contributed by atoms with van der Waals surface area (Å²) in [5, 5.41) is 12.6. The van der Waals surface area contributed by atoms with Crippen molar-refractivity contribution in [3.05, 3.63) is 33.8 Å². The zero-order valence-corrected chi connectivity index (χ0v) is 10.3. The van der Waals surface area contributed by atoms with E-state index in [1.54, 1.807) is 0 Å². The molecular formula is C12H12BrNO2. The molecule has 2 atom stereocenters. The molecule has 0 radical (unpaired) electrons. The van der Waals surface area contributed by atoms with E-state index in [1.807, 2.05) is 12.1 Å². The number of fused-ring (bicyclic) bond motifs is 2. The van der Waals surface area contributed by atoms with Gasteiger partial charge in [0, 0.05) is 16.3 Å². The Hall–Kier alpha value is -0.870. The summed E-state index contributed by atoms with van der Waals surface area (Å²) < 4.78 is 1.05. The van der Waals surface area contributed by atoms with Gasteiger partial charge in [-0.25, -0.2) is 0 Å². The lowest BCUT2D eigenvalue weighted by Crippen LogP contribution is -2.38. The predicted octanol–water partition coefficient (Wildman–Crippen LogP) is 1.47. The normalized spacial score (nSPS) is 31.9. The van der Waals surface area contributed by atoms with Crippen LogP contribution in [0.1, 0.15) is 24.0 Å². The summed E-state index contributed by atoms with van der Waals surface area (Å²) in [4.78, 5) is 11.4. The van der Waals surface area contributed by atoms with E-state index in [4.69, 9.17) is 0 Å². The number of hydrogen-bond donors (Lipinski definition) is 2. The SMILES string of the molecule is O=C1CC2(CCc3cc(Br)ccc32)C(O)N1. The van der Waals surface area contributed by atoms with E-state index >= 15 is 0 Å². The first-order chi connectivity index (χ1) is 7.62. The van der Waals surface area contributed by atoms with Crippen LogP contribution in [0.25, 0.3) is 0 Å². The third kappa shape index (κ3) is 1.26. The van der Waals surface area contributed by atoms with Crippen LogP contribution in [0.4, 0.5) is 0 Å². The van der Waals surface area contributed by atoms with Crippen molar-refractivity contribution in [3.63, 3.8) is 0 Å². The Kier molecular flexibility index (Phi) is 2.13. The standard InChI is InChI=1S/C12H12BrNO2/c13-8-1-2-9-7(5-8)3-4-12(9)6-10(15)14-11(12)16/h1-2,5,11,16H,3-4,6H2,(H,14,15). The highest BCUT2D eigenvalue weighted by Gasteiger charge is 2.50. The zero-order chi connectivity index (χ0) is 11.3. The predicted molar refractivity (Wildman–Crippen MR) is 62.9 cm³/mol. The van der Waals surface area contributed by atoms with Gasteiger partial charge in [0.15, 0.2) is 0 Å². The van der Waals surface area contributed by atoms with Crippen molar-refractivity contribution in [2.45, 2.75) is 30.9 Å². The first-order valence-corrected chi connectivity index (χ1v) is 6.17. The Balaban J connectivity index is 2.12. The summed E-state index contributed by atoms with van der Waals surface area (Å²) in [5.41, 5.74) is 1.99. The van der Waals surface area contributed by atoms with Crippen LogP contribution in [-0.2, 0) is 16.6 Å². The Morgan fingerprint density at radius 3 is 3.00 bits per heavy atom. The van der Waals surface area contributed by atoms with E-state index in [2.05, 4.69) is 27.3 Å². The minimum absolute atomic E-state index is 0.0525. The van der Waals surface area contributed by atoms with Crippen molar-refractivity contribution in [1.29, 1.82) is 0 Å². The lowest BCUT2D eigenvalue weighted by atomic mass is 9.79. The summed E-state index contributed by atoms with van der Waals surface area (Å²) in [5.74, 6) is -0.0525. The average molecular weight is 282 g/mol. The van der Waals surface area contributed by atoms with Crippen molar-refractivity contribution in [1.82, 2.24) is 5.32 Å². The number of aliphatic hydroxyl groups is 1. The molecule has 1 aliphatic heterocycles. The maximum Gasteiger partial charge on any atom is 0.223 e. The lowest BCUT2D eigenvalue weighted by Gasteiger charge is -2.26. The monoisotopic (exact) mass is 281 g/mol. The highest BCUT2D eigenvalue weighted by atomic mass is 79.9. The topological polar surface area (TPSA) is 49.3 Å². The number of aliphatic hydroxyl groups excluding tert-OH is 1. The Morgan fingerprint density at radius 2 is 2.31 bits per heavy atom. The molecule has 2 unspecified atom stereocenters. The Bertz CT molecular complexity index is 474. The Morgan fingerprint density at radius 1 is 1.50 bits per heavy atom. The van der Waals surface area contributed by atoms with Crippen molar-refractivity contribution in [3.8, 4) is 0 Å². The number of hydrogen-bond acceptors (Lipinski definition) is 2. The van der Waals surface area contributed by atoms with E-state index in [-0.39, 0.29) is 11.3 Å². The molecule has 0 bridgehead atoms. The van der Waals surface area contributed by atoms with Crippen LogP contribution in [0.15, 0.2) is 22.7 Å². The quantitative estimate of drug-likeness (QED) is 0.757. The molecule has 1 aliphatic carbocycles. The molecule has 0 saturated carbocycles. The highest BCUT2D eigenvalue weighted by Crippen LogP contribution is 2.46. The van der Waals surface area contributed by atoms with Crippen molar-refractivity contribution < 1.29 is 9.90 Å². The number of carbonyl (C=O) groups excluding carboxylic acids is 1. The fourth-order valence-corrected chi connectivity index (χ4v) is 3.35. The molecule has 2 N–H and O–H groups in total. The van der Waals surface area contributed by atoms with Gasteiger partial charge in [0.05, 0.1) is 0 Å². The van der Waals surface area contributed by atoms with Crippen LogP contribution in [0.3, 0.4) is 0 Å². The molecule has 1 heterocycles. The van der Waals surface area contributed by atoms with Gasteiger partial charge in [0.2, 0.25) is 5.91 Å². The molecule has 1 aromatic rings. The molecule has 1 fully saturated rings. The molecule has 1 spiro atoms. The van der Waals surface area contributed by atoms with Crippen LogP contribution in [0.2, 0.25) is 0 Å². The minimum Gasteiger partial charge on any atom is -0.373 e. The van der Waals surface area contributed by atoms with Crippen LogP contribution in [0.5, 0.6) is 0 Å². The lowest BCUT2D eigenvalue weighted by molar-refractivity contribution is -0.120. The van der Waals surface area contributed by atoms with Gasteiger partial charge in [-0.1, -0.05) is 22.0 Å². The smallest absolute Gasteiger partial charge is 0.223 e. The molecular weight excluding hydrogens is 270 g/mol. The number of benzene rings is 1. The van der Waals surface area contributed by atoms with Gasteiger partial charge >= 0.3 is 0 Å². The van der Waals surface area contributed by atoms with E-state index in [0.717, 1.165) is 22.9 Å². The van der Waals surface area contributed by atoms with Crippen LogP contribution >= 0.6 is 15.9 Å². The Labute approximate surface area is 102 Å². The van der Waals surface area contributed by atoms with E-state index in [9.17, 15) is 9.90 Å². The summed E-state index contributed by atoms with van der Waals surface area (Å²) in [6.45, 7) is 0. The number of rotatable bonds is 0. The third-order valence-electron chi connectivity index (χ3n) is 3.74. The molecule has 1 amide bonds. The van der Waals surface area contributed by atoms with Crippen LogP contribution < -0.4 is 5.32 Å². The van der Waals surface area contributed by atoms with Crippen molar-refractivity contribution in [2.24, 2.45) is 0 Å². The third-order valence-corrected chi connectivity index (χ3v) is 4.23. The summed E-state index contributed by atoms with van der Waals surface area (Å²) in [6.07, 6.45) is 1.45. The second-order valence-electron chi connectivity index (χ2n) is 4.60. The number of halogens is 1. The van der Waals surface area contributed by atoms with Gasteiger partial charge in [-0.05, 0) is 36.1 Å². The highest BCUT2D eigenvalue weighted by molar-refractivity contribution is 9.10. The molecule has 3 rings (SSSR count). The number of aryl methyl sites for hydroxylation is 1. The van der Waals surface area contributed by atoms with Gasteiger partial charge < -0.3 is 10.4 Å². The van der Waals surface area contributed by atoms with E-state index in [0.29, 0.717) is 6.42 Å². The minimum atomic E-state index is -0.734. The van der Waals surface area contributed by atoms with Crippen LogP contribution in [0, 0.1) is 0 Å². The summed E-state index contributed by atoms with van der Waals surface area (Å²) in [6, 6.07) is 6.08. The number of amides is 1. The fourth-order valence-electron chi connectivity index (χ4n) is 2.94. The molecule has 4 heteroatoms. The van der Waals surface area contributed by atoms with Crippen LogP contribution in [-0.4, -0.2) is 17.2 Å². The van der Waals surface area contributed by atoms with E-state index < -0.39 is 6.23 Å². The second-order valence-corrected chi connectivity index (χ2v) is 5.52. The largest absolute Gasteiger partial charge is 0.373 e. The maximum absolute atomic E-state index is 11.4. The molecule has 84 valence electrons. The maximum atomic E-state index is 11.4. The molecule has 2 aliphatic rings. The molecule has 3 nitrogen and oxygen atoms in total. The van der Waals surface area contributed by atoms with E-state index in [1.165, 1.54) is 5.56 Å². The van der Waals surface area contributed by atoms with Gasteiger partial charge in [0.25, 0.3) is 0 Å².